The van der Waals surface area contributed by atoms with E-state index < -0.39 is 34.3 Å². The Morgan fingerprint density at radius 3 is 2.96 bits per heavy atom. The predicted octanol–water partition coefficient (Wildman–Crippen LogP) is 0.563. The second kappa shape index (κ2) is 7.00. The molecule has 0 aromatic carbocycles. The third-order valence-electron chi connectivity index (χ3n) is 3.58. The van der Waals surface area contributed by atoms with Gasteiger partial charge in [0.15, 0.2) is 11.5 Å². The fourth-order valence-corrected chi connectivity index (χ4v) is 3.42. The number of aromatic nitrogens is 4. The zero-order valence-corrected chi connectivity index (χ0v) is 14.8. The molecule has 0 aliphatic carbocycles. The van der Waals surface area contributed by atoms with Gasteiger partial charge in [-0.3, -0.25) is 9.13 Å². The molecular formula is C11H16N5O7P2+. The first-order valence-corrected chi connectivity index (χ1v) is 10.3. The van der Waals surface area contributed by atoms with Crippen molar-refractivity contribution in [1.82, 2.24) is 19.5 Å². The van der Waals surface area contributed by atoms with E-state index in [-0.39, 0.29) is 18.8 Å². The maximum atomic E-state index is 11.3. The summed E-state index contributed by atoms with van der Waals surface area (Å²) >= 11 is 0. The van der Waals surface area contributed by atoms with Crippen molar-refractivity contribution < 1.29 is 32.7 Å². The molecular weight excluding hydrogens is 376 g/mol. The van der Waals surface area contributed by atoms with Crippen LogP contribution < -0.4 is 5.73 Å². The van der Waals surface area contributed by atoms with Crippen molar-refractivity contribution in [3.63, 3.8) is 0 Å². The molecule has 2 aromatic rings. The fourth-order valence-electron chi connectivity index (χ4n) is 2.54. The summed E-state index contributed by atoms with van der Waals surface area (Å²) in [5.41, 5.74) is 6.56. The van der Waals surface area contributed by atoms with Crippen molar-refractivity contribution in [2.75, 3.05) is 19.0 Å². The van der Waals surface area contributed by atoms with Gasteiger partial charge in [0, 0.05) is 17.7 Å². The standard InChI is InChI=1S/C11H15N5O7P2/c1-25(19,20)21-3-7-6(23-24(17)18)2-8(22-7)16-5-15-9-10(12)13-4-14-11(9)16/h4-8H,2-3H2,1H3,(H3-,12,13,14,17,18,19,20)/p+1. The maximum absolute atomic E-state index is 11.3. The number of nitrogen functional groups attached to an aromatic ring is 1. The van der Waals surface area contributed by atoms with Crippen LogP contribution in [0.15, 0.2) is 12.7 Å². The van der Waals surface area contributed by atoms with Crippen LogP contribution in [-0.4, -0.2) is 54.8 Å². The lowest BCUT2D eigenvalue weighted by Gasteiger charge is -2.16. The molecule has 4 N–H and O–H groups in total. The van der Waals surface area contributed by atoms with Gasteiger partial charge in [-0.05, 0) is 0 Å². The largest absolute Gasteiger partial charge is 0.695 e. The van der Waals surface area contributed by atoms with E-state index in [0.29, 0.717) is 11.2 Å². The van der Waals surface area contributed by atoms with Gasteiger partial charge < -0.3 is 19.9 Å². The molecule has 25 heavy (non-hydrogen) atoms. The Hall–Kier alpha value is -1.52. The van der Waals surface area contributed by atoms with Gasteiger partial charge in [0.2, 0.25) is 0 Å². The molecule has 0 bridgehead atoms. The normalized spacial score (nSPS) is 26.7. The van der Waals surface area contributed by atoms with E-state index >= 15 is 0 Å². The van der Waals surface area contributed by atoms with E-state index in [4.69, 9.17) is 24.4 Å². The van der Waals surface area contributed by atoms with E-state index in [1.807, 2.05) is 0 Å². The third kappa shape index (κ3) is 4.18. The Labute approximate surface area is 142 Å². The number of ether oxygens (including phenoxy) is 1. The highest BCUT2D eigenvalue weighted by atomic mass is 31.2. The lowest BCUT2D eigenvalue weighted by Crippen LogP contribution is -2.27. The lowest BCUT2D eigenvalue weighted by molar-refractivity contribution is -0.0357. The highest BCUT2D eigenvalue weighted by molar-refractivity contribution is 7.51. The minimum absolute atomic E-state index is 0.185. The van der Waals surface area contributed by atoms with Gasteiger partial charge in [-0.25, -0.2) is 15.0 Å². The van der Waals surface area contributed by atoms with Crippen LogP contribution in [0.1, 0.15) is 12.6 Å². The Morgan fingerprint density at radius 2 is 2.28 bits per heavy atom. The average molecular weight is 392 g/mol. The van der Waals surface area contributed by atoms with Crippen LogP contribution in [0.25, 0.3) is 11.2 Å². The van der Waals surface area contributed by atoms with Gasteiger partial charge >= 0.3 is 15.9 Å². The second-order valence-corrected chi connectivity index (χ2v) is 7.98. The summed E-state index contributed by atoms with van der Waals surface area (Å²) in [5, 5.41) is 0. The highest BCUT2D eigenvalue weighted by Gasteiger charge is 2.43. The molecule has 5 atom stereocenters. The lowest BCUT2D eigenvalue weighted by atomic mass is 10.2. The molecule has 3 rings (SSSR count). The Balaban J connectivity index is 1.83. The van der Waals surface area contributed by atoms with Crippen LogP contribution in [0.2, 0.25) is 0 Å². The van der Waals surface area contributed by atoms with Crippen molar-refractivity contribution >= 4 is 32.8 Å². The summed E-state index contributed by atoms with van der Waals surface area (Å²) in [6.07, 6.45) is 0.641. The van der Waals surface area contributed by atoms with Crippen LogP contribution in [0.5, 0.6) is 0 Å². The predicted molar refractivity (Wildman–Crippen MR) is 84.7 cm³/mol. The molecule has 1 saturated heterocycles. The smallest absolute Gasteiger partial charge is 0.382 e. The van der Waals surface area contributed by atoms with E-state index in [1.54, 1.807) is 4.57 Å². The molecule has 2 aromatic heterocycles. The minimum Gasteiger partial charge on any atom is -0.382 e. The van der Waals surface area contributed by atoms with E-state index in [9.17, 15) is 14.0 Å². The summed E-state index contributed by atoms with van der Waals surface area (Å²) in [4.78, 5) is 30.4. The number of nitrogens with zero attached hydrogens (tertiary/aromatic N) is 4. The highest BCUT2D eigenvalue weighted by Crippen LogP contribution is 2.41. The Morgan fingerprint density at radius 1 is 1.52 bits per heavy atom. The van der Waals surface area contributed by atoms with Crippen LogP contribution >= 0.6 is 15.9 Å². The molecule has 5 unspecified atom stereocenters. The van der Waals surface area contributed by atoms with Crippen molar-refractivity contribution in [3.8, 4) is 0 Å². The van der Waals surface area contributed by atoms with E-state index in [2.05, 4.69) is 15.0 Å². The summed E-state index contributed by atoms with van der Waals surface area (Å²) in [6.45, 7) is 0.753. The molecule has 0 radical (unpaired) electrons. The summed E-state index contributed by atoms with van der Waals surface area (Å²) in [7, 11) is -6.61. The SMILES string of the molecule is CP(=O)(O)OCC1OC(n2cnc3c(N)ncnc32)CC1O[P+](=O)O. The molecule has 12 nitrogen and oxygen atoms in total. The van der Waals surface area contributed by atoms with Crippen LogP contribution in [-0.2, 0) is 22.9 Å². The topological polar surface area (TPSA) is 172 Å². The van der Waals surface area contributed by atoms with Crippen molar-refractivity contribution in [1.29, 1.82) is 0 Å². The van der Waals surface area contributed by atoms with Gasteiger partial charge in [-0.15, -0.1) is 9.42 Å². The number of rotatable bonds is 6. The summed E-state index contributed by atoms with van der Waals surface area (Å²) in [6, 6.07) is 0. The third-order valence-corrected chi connectivity index (χ3v) is 4.66. The van der Waals surface area contributed by atoms with E-state index in [0.717, 1.165) is 6.66 Å². The molecule has 3 heterocycles. The monoisotopic (exact) mass is 392 g/mol. The van der Waals surface area contributed by atoms with Crippen molar-refractivity contribution in [2.45, 2.75) is 24.9 Å². The van der Waals surface area contributed by atoms with Crippen LogP contribution in [0.4, 0.5) is 5.82 Å². The van der Waals surface area contributed by atoms with Gasteiger partial charge in [-0.1, -0.05) is 0 Å². The van der Waals surface area contributed by atoms with E-state index in [1.165, 1.54) is 12.7 Å². The van der Waals surface area contributed by atoms with Crippen molar-refractivity contribution in [2.24, 2.45) is 0 Å². The summed E-state index contributed by atoms with van der Waals surface area (Å²) in [5.74, 6) is 0.208. The molecule has 1 aliphatic heterocycles. The number of hydrogen-bond acceptors (Lipinski definition) is 9. The molecule has 14 heteroatoms. The van der Waals surface area contributed by atoms with Gasteiger partial charge in [-0.2, -0.15) is 0 Å². The number of imidazole rings is 1. The Kier molecular flexibility index (Phi) is 5.12. The van der Waals surface area contributed by atoms with Crippen molar-refractivity contribution in [3.05, 3.63) is 12.7 Å². The van der Waals surface area contributed by atoms with Gasteiger partial charge in [0.25, 0.3) is 0 Å². The molecule has 1 fully saturated rings. The number of nitrogens with two attached hydrogens (primary N) is 1. The summed E-state index contributed by atoms with van der Waals surface area (Å²) < 4.78 is 39.5. The molecule has 0 amide bonds. The zero-order chi connectivity index (χ0) is 18.2. The number of hydrogen-bond donors (Lipinski definition) is 3. The Bertz CT molecular complexity index is 839. The zero-order valence-electron chi connectivity index (χ0n) is 13.0. The molecule has 1 aliphatic rings. The second-order valence-electron chi connectivity index (χ2n) is 5.43. The average Bonchev–Trinajstić information content (AvgIpc) is 3.08. The molecule has 136 valence electrons. The fraction of sp³-hybridized carbons (Fsp3) is 0.545. The first-order valence-electron chi connectivity index (χ1n) is 7.11. The molecule has 0 saturated carbocycles. The number of fused-ring (bicyclic) bond motifs is 1. The number of anilines is 1. The van der Waals surface area contributed by atoms with Crippen LogP contribution in [0, 0.1) is 0 Å². The first-order chi connectivity index (χ1) is 11.7. The maximum Gasteiger partial charge on any atom is 0.695 e. The quantitative estimate of drug-likeness (QED) is 0.586. The van der Waals surface area contributed by atoms with Crippen LogP contribution in [0.3, 0.4) is 0 Å². The van der Waals surface area contributed by atoms with Gasteiger partial charge in [0.1, 0.15) is 30.3 Å². The molecule has 0 spiro atoms. The van der Waals surface area contributed by atoms with Gasteiger partial charge in [0.05, 0.1) is 12.9 Å². The first kappa shape index (κ1) is 18.3. The minimum atomic E-state index is -3.73.